The Morgan fingerprint density at radius 1 is 1.25 bits per heavy atom. The molecule has 5 heteroatoms. The van der Waals surface area contributed by atoms with Crippen LogP contribution in [0.1, 0.15) is 11.5 Å². The maximum Gasteiger partial charge on any atom is 0.244 e. The standard InChI is InChI=1S/C15H19N3O2/c16-12-14(13-4-2-1-3-5-13)15(20)18-8-6-17(7-9-18)10-11-19/h1-5,14,19H,6-11H2. The van der Waals surface area contributed by atoms with Gasteiger partial charge < -0.3 is 10.0 Å². The molecule has 1 aromatic carbocycles. The average Bonchev–Trinajstić information content (AvgIpc) is 2.50. The number of carbonyl (C=O) groups excluding carboxylic acids is 1. The maximum absolute atomic E-state index is 12.4. The van der Waals surface area contributed by atoms with E-state index >= 15 is 0 Å². The first-order valence-corrected chi connectivity index (χ1v) is 6.83. The third kappa shape index (κ3) is 3.35. The number of aliphatic hydroxyl groups excluding tert-OH is 1. The van der Waals surface area contributed by atoms with E-state index in [1.165, 1.54) is 0 Å². The van der Waals surface area contributed by atoms with Gasteiger partial charge in [-0.1, -0.05) is 30.3 Å². The number of nitrogens with zero attached hydrogens (tertiary/aromatic N) is 3. The van der Waals surface area contributed by atoms with E-state index in [0.717, 1.165) is 18.7 Å². The molecule has 106 valence electrons. The van der Waals surface area contributed by atoms with Crippen LogP contribution in [-0.2, 0) is 4.79 Å². The summed E-state index contributed by atoms with van der Waals surface area (Å²) in [7, 11) is 0. The van der Waals surface area contributed by atoms with Crippen LogP contribution in [0.25, 0.3) is 0 Å². The molecule has 1 aliphatic heterocycles. The van der Waals surface area contributed by atoms with Crippen molar-refractivity contribution in [2.75, 3.05) is 39.3 Å². The van der Waals surface area contributed by atoms with E-state index in [0.29, 0.717) is 19.6 Å². The summed E-state index contributed by atoms with van der Waals surface area (Å²) < 4.78 is 0. The summed E-state index contributed by atoms with van der Waals surface area (Å²) >= 11 is 0. The molecule has 1 aliphatic rings. The van der Waals surface area contributed by atoms with Gasteiger partial charge in [0.1, 0.15) is 5.92 Å². The van der Waals surface area contributed by atoms with Gasteiger partial charge in [-0.2, -0.15) is 5.26 Å². The molecule has 0 saturated carbocycles. The number of piperazine rings is 1. The summed E-state index contributed by atoms with van der Waals surface area (Å²) in [4.78, 5) is 16.3. The van der Waals surface area contributed by atoms with Crippen molar-refractivity contribution in [1.29, 1.82) is 5.26 Å². The Hall–Kier alpha value is -1.90. The second kappa shape index (κ2) is 7.04. The highest BCUT2D eigenvalue weighted by atomic mass is 16.3. The Balaban J connectivity index is 1.99. The molecule has 1 saturated heterocycles. The van der Waals surface area contributed by atoms with E-state index in [4.69, 9.17) is 5.11 Å². The fourth-order valence-electron chi connectivity index (χ4n) is 2.43. The summed E-state index contributed by atoms with van der Waals surface area (Å²) in [6.07, 6.45) is 0. The molecular weight excluding hydrogens is 254 g/mol. The lowest BCUT2D eigenvalue weighted by Gasteiger charge is -2.35. The van der Waals surface area contributed by atoms with Gasteiger partial charge in [0.15, 0.2) is 0 Å². The van der Waals surface area contributed by atoms with E-state index in [-0.39, 0.29) is 12.5 Å². The first-order chi connectivity index (χ1) is 9.76. The topological polar surface area (TPSA) is 67.6 Å². The minimum absolute atomic E-state index is 0.123. The molecule has 0 aromatic heterocycles. The Bertz CT molecular complexity index is 476. The molecule has 0 aliphatic carbocycles. The van der Waals surface area contributed by atoms with Crippen molar-refractivity contribution >= 4 is 5.91 Å². The Morgan fingerprint density at radius 2 is 1.90 bits per heavy atom. The first kappa shape index (κ1) is 14.5. The first-order valence-electron chi connectivity index (χ1n) is 6.83. The van der Waals surface area contributed by atoms with Gasteiger partial charge in [-0.15, -0.1) is 0 Å². The van der Waals surface area contributed by atoms with Crippen molar-refractivity contribution in [3.63, 3.8) is 0 Å². The predicted octanol–water partition coefficient (Wildman–Crippen LogP) is 0.430. The molecule has 1 aromatic rings. The quantitative estimate of drug-likeness (QED) is 0.864. The van der Waals surface area contributed by atoms with Gasteiger partial charge in [0.2, 0.25) is 5.91 Å². The monoisotopic (exact) mass is 273 g/mol. The van der Waals surface area contributed by atoms with Gasteiger partial charge >= 0.3 is 0 Å². The number of hydrogen-bond donors (Lipinski definition) is 1. The second-order valence-corrected chi connectivity index (χ2v) is 4.86. The highest BCUT2D eigenvalue weighted by molar-refractivity contribution is 5.86. The van der Waals surface area contributed by atoms with Gasteiger partial charge in [0.25, 0.3) is 0 Å². The minimum atomic E-state index is -0.722. The van der Waals surface area contributed by atoms with Crippen LogP contribution >= 0.6 is 0 Å². The summed E-state index contributed by atoms with van der Waals surface area (Å²) in [5, 5.41) is 18.2. The van der Waals surface area contributed by atoms with Crippen LogP contribution in [0.2, 0.25) is 0 Å². The minimum Gasteiger partial charge on any atom is -0.395 e. The third-order valence-electron chi connectivity index (χ3n) is 3.61. The molecule has 20 heavy (non-hydrogen) atoms. The summed E-state index contributed by atoms with van der Waals surface area (Å²) in [6.45, 7) is 3.51. The van der Waals surface area contributed by atoms with Gasteiger partial charge in [0, 0.05) is 32.7 Å². The molecule has 0 radical (unpaired) electrons. The lowest BCUT2D eigenvalue weighted by Crippen LogP contribution is -2.50. The van der Waals surface area contributed by atoms with Crippen LogP contribution in [0, 0.1) is 11.3 Å². The van der Waals surface area contributed by atoms with Crippen LogP contribution < -0.4 is 0 Å². The Kier molecular flexibility index (Phi) is 5.10. The van der Waals surface area contributed by atoms with Crippen LogP contribution in [0.4, 0.5) is 0 Å². The fraction of sp³-hybridized carbons (Fsp3) is 0.467. The Labute approximate surface area is 119 Å². The largest absolute Gasteiger partial charge is 0.395 e. The molecule has 0 spiro atoms. The summed E-state index contributed by atoms with van der Waals surface area (Å²) in [6, 6.07) is 11.3. The van der Waals surface area contributed by atoms with Crippen LogP contribution in [-0.4, -0.2) is 60.1 Å². The average molecular weight is 273 g/mol. The Morgan fingerprint density at radius 3 is 2.45 bits per heavy atom. The highest BCUT2D eigenvalue weighted by Gasteiger charge is 2.28. The molecule has 1 fully saturated rings. The number of benzene rings is 1. The predicted molar refractivity (Wildman–Crippen MR) is 74.9 cm³/mol. The highest BCUT2D eigenvalue weighted by Crippen LogP contribution is 2.18. The van der Waals surface area contributed by atoms with E-state index in [1.54, 1.807) is 4.90 Å². The number of nitriles is 1. The molecule has 0 bridgehead atoms. The summed E-state index contributed by atoms with van der Waals surface area (Å²) in [5.74, 6) is -0.844. The number of rotatable bonds is 4. The SMILES string of the molecule is N#CC(C(=O)N1CCN(CCO)CC1)c1ccccc1. The smallest absolute Gasteiger partial charge is 0.244 e. The molecule has 1 atom stereocenters. The molecule has 5 nitrogen and oxygen atoms in total. The summed E-state index contributed by atoms with van der Waals surface area (Å²) in [5.41, 5.74) is 0.748. The van der Waals surface area contributed by atoms with Crippen molar-refractivity contribution in [1.82, 2.24) is 9.80 Å². The van der Waals surface area contributed by atoms with Gasteiger partial charge in [-0.25, -0.2) is 0 Å². The molecular formula is C15H19N3O2. The maximum atomic E-state index is 12.4. The second-order valence-electron chi connectivity index (χ2n) is 4.86. The van der Waals surface area contributed by atoms with Gasteiger partial charge in [0.05, 0.1) is 12.7 Å². The van der Waals surface area contributed by atoms with E-state index in [9.17, 15) is 10.1 Å². The van der Waals surface area contributed by atoms with Crippen molar-refractivity contribution in [3.05, 3.63) is 35.9 Å². The molecule has 1 N–H and O–H groups in total. The normalized spacial score (nSPS) is 17.5. The fourth-order valence-corrected chi connectivity index (χ4v) is 2.43. The molecule has 1 unspecified atom stereocenters. The van der Waals surface area contributed by atoms with Crippen LogP contribution in [0.3, 0.4) is 0 Å². The van der Waals surface area contributed by atoms with E-state index in [1.807, 2.05) is 30.3 Å². The van der Waals surface area contributed by atoms with E-state index < -0.39 is 5.92 Å². The molecule has 2 rings (SSSR count). The molecule has 1 amide bonds. The molecule has 1 heterocycles. The number of amides is 1. The van der Waals surface area contributed by atoms with Gasteiger partial charge in [-0.05, 0) is 5.56 Å². The zero-order chi connectivity index (χ0) is 14.4. The zero-order valence-corrected chi connectivity index (χ0v) is 11.4. The third-order valence-corrected chi connectivity index (χ3v) is 3.61. The van der Waals surface area contributed by atoms with E-state index in [2.05, 4.69) is 11.0 Å². The van der Waals surface area contributed by atoms with Crippen molar-refractivity contribution in [2.45, 2.75) is 5.92 Å². The number of carbonyl (C=O) groups is 1. The zero-order valence-electron chi connectivity index (χ0n) is 11.4. The lowest BCUT2D eigenvalue weighted by molar-refractivity contribution is -0.133. The number of aliphatic hydroxyl groups is 1. The van der Waals surface area contributed by atoms with Crippen molar-refractivity contribution < 1.29 is 9.90 Å². The number of hydrogen-bond acceptors (Lipinski definition) is 4. The van der Waals surface area contributed by atoms with Crippen LogP contribution in [0.15, 0.2) is 30.3 Å². The van der Waals surface area contributed by atoms with Crippen LogP contribution in [0.5, 0.6) is 0 Å². The van der Waals surface area contributed by atoms with Gasteiger partial charge in [-0.3, -0.25) is 9.69 Å². The number of β-amino-alcohol motifs (C(OH)–C–C–N with tert-alkyl or cyclic N) is 1. The van der Waals surface area contributed by atoms with Crippen molar-refractivity contribution in [3.8, 4) is 6.07 Å². The van der Waals surface area contributed by atoms with Crippen molar-refractivity contribution in [2.24, 2.45) is 0 Å². The lowest BCUT2D eigenvalue weighted by atomic mass is 9.99.